The molecule has 1 aliphatic heterocycles. The molecule has 1 saturated heterocycles. The average molecular weight is 289 g/mol. The van der Waals surface area contributed by atoms with Crippen molar-refractivity contribution in [2.45, 2.75) is 52.3 Å². The summed E-state index contributed by atoms with van der Waals surface area (Å²) in [5.41, 5.74) is 2.22. The van der Waals surface area contributed by atoms with Crippen molar-refractivity contribution in [3.05, 3.63) is 35.5 Å². The minimum Gasteiger partial charge on any atom is -0.466 e. The Bertz CT molecular complexity index is 596. The summed E-state index contributed by atoms with van der Waals surface area (Å²) in [6.07, 6.45) is 6.52. The zero-order valence-corrected chi connectivity index (χ0v) is 12.9. The molecule has 3 heterocycles. The van der Waals surface area contributed by atoms with Gasteiger partial charge in [0, 0.05) is 18.4 Å². The van der Waals surface area contributed by atoms with E-state index < -0.39 is 0 Å². The van der Waals surface area contributed by atoms with Crippen molar-refractivity contribution < 1.29 is 9.15 Å². The molecule has 1 fully saturated rings. The summed E-state index contributed by atoms with van der Waals surface area (Å²) < 4.78 is 13.2. The molecule has 5 nitrogen and oxygen atoms in total. The smallest absolute Gasteiger partial charge is 0.106 e. The molecule has 0 spiro atoms. The second-order valence-corrected chi connectivity index (χ2v) is 5.82. The molecule has 0 aliphatic carbocycles. The maximum absolute atomic E-state index is 5.64. The first kappa shape index (κ1) is 14.2. The molecule has 0 amide bonds. The topological polar surface area (TPSA) is 52.2 Å². The van der Waals surface area contributed by atoms with Crippen molar-refractivity contribution in [1.29, 1.82) is 0 Å². The van der Waals surface area contributed by atoms with Crippen LogP contribution in [0.15, 0.2) is 22.9 Å². The predicted molar refractivity (Wildman–Crippen MR) is 81.4 cm³/mol. The van der Waals surface area contributed by atoms with Gasteiger partial charge < -0.3 is 14.5 Å². The molecular formula is C16H23N3O2. The first-order chi connectivity index (χ1) is 10.1. The molecule has 21 heavy (non-hydrogen) atoms. The number of anilines is 1. The molecule has 1 N–H and O–H groups in total. The Labute approximate surface area is 125 Å². The molecule has 0 saturated carbocycles. The first-order valence-corrected chi connectivity index (χ1v) is 7.59. The number of hydrogen-bond donors (Lipinski definition) is 1. The number of nitrogens with one attached hydrogen (secondary N) is 1. The lowest BCUT2D eigenvalue weighted by atomic mass is 10.1. The van der Waals surface area contributed by atoms with Crippen molar-refractivity contribution >= 4 is 5.69 Å². The van der Waals surface area contributed by atoms with Crippen LogP contribution in [0.2, 0.25) is 0 Å². The lowest BCUT2D eigenvalue weighted by molar-refractivity contribution is 0.0940. The maximum atomic E-state index is 5.64. The summed E-state index contributed by atoms with van der Waals surface area (Å²) in [5.74, 6) is 1.92. The van der Waals surface area contributed by atoms with Gasteiger partial charge in [-0.05, 0) is 39.7 Å². The number of aromatic nitrogens is 2. The average Bonchev–Trinajstić information content (AvgIpc) is 3.13. The van der Waals surface area contributed by atoms with Crippen LogP contribution in [0.5, 0.6) is 0 Å². The normalized spacial score (nSPS) is 19.9. The van der Waals surface area contributed by atoms with E-state index in [-0.39, 0.29) is 6.04 Å². The van der Waals surface area contributed by atoms with Gasteiger partial charge in [-0.2, -0.15) is 5.10 Å². The third kappa shape index (κ3) is 3.29. The van der Waals surface area contributed by atoms with Gasteiger partial charge in [-0.1, -0.05) is 0 Å². The van der Waals surface area contributed by atoms with Crippen LogP contribution in [-0.2, 0) is 11.3 Å². The van der Waals surface area contributed by atoms with Crippen LogP contribution in [0.1, 0.15) is 42.9 Å². The summed E-state index contributed by atoms with van der Waals surface area (Å²) in [4.78, 5) is 0. The van der Waals surface area contributed by atoms with Gasteiger partial charge in [-0.15, -0.1) is 0 Å². The lowest BCUT2D eigenvalue weighted by Crippen LogP contribution is -2.15. The van der Waals surface area contributed by atoms with Crippen LogP contribution >= 0.6 is 0 Å². The Balaban J connectivity index is 1.62. The molecule has 5 heteroatoms. The van der Waals surface area contributed by atoms with E-state index in [1.807, 2.05) is 30.9 Å². The fourth-order valence-electron chi connectivity index (χ4n) is 2.94. The molecule has 0 bridgehead atoms. The first-order valence-electron chi connectivity index (χ1n) is 7.59. The van der Waals surface area contributed by atoms with Crippen LogP contribution in [0.4, 0.5) is 5.69 Å². The van der Waals surface area contributed by atoms with E-state index in [0.717, 1.165) is 43.2 Å². The summed E-state index contributed by atoms with van der Waals surface area (Å²) >= 11 is 0. The number of aryl methyl sites for hydroxylation is 2. The molecule has 2 aromatic rings. The summed E-state index contributed by atoms with van der Waals surface area (Å²) in [6.45, 7) is 7.83. The minimum absolute atomic E-state index is 0.197. The molecule has 2 atom stereocenters. The van der Waals surface area contributed by atoms with Crippen molar-refractivity contribution in [3.8, 4) is 0 Å². The van der Waals surface area contributed by atoms with E-state index in [0.29, 0.717) is 6.10 Å². The molecule has 114 valence electrons. The standard InChI is InChI=1S/C16H23N3O2/c1-11-7-16(13(3)21-11)12(2)18-14-8-17-19(9-14)10-15-5-4-6-20-15/h7-9,12,15,18H,4-6,10H2,1-3H3. The molecule has 2 unspecified atom stereocenters. The fourth-order valence-corrected chi connectivity index (χ4v) is 2.94. The number of nitrogens with zero attached hydrogens (tertiary/aromatic N) is 2. The Morgan fingerprint density at radius 1 is 1.48 bits per heavy atom. The Morgan fingerprint density at radius 3 is 3.00 bits per heavy atom. The largest absolute Gasteiger partial charge is 0.466 e. The highest BCUT2D eigenvalue weighted by atomic mass is 16.5. The highest BCUT2D eigenvalue weighted by Gasteiger charge is 2.17. The number of furan rings is 1. The quantitative estimate of drug-likeness (QED) is 0.916. The van der Waals surface area contributed by atoms with Gasteiger partial charge in [0.25, 0.3) is 0 Å². The number of rotatable bonds is 5. The second kappa shape index (κ2) is 5.93. The third-order valence-electron chi connectivity index (χ3n) is 3.98. The van der Waals surface area contributed by atoms with Crippen molar-refractivity contribution in [1.82, 2.24) is 9.78 Å². The van der Waals surface area contributed by atoms with Crippen molar-refractivity contribution in [2.75, 3.05) is 11.9 Å². The van der Waals surface area contributed by atoms with Gasteiger partial charge in [0.1, 0.15) is 11.5 Å². The summed E-state index contributed by atoms with van der Waals surface area (Å²) in [7, 11) is 0. The van der Waals surface area contributed by atoms with Gasteiger partial charge in [0.2, 0.25) is 0 Å². The van der Waals surface area contributed by atoms with Crippen molar-refractivity contribution in [2.24, 2.45) is 0 Å². The van der Waals surface area contributed by atoms with Gasteiger partial charge in [0.05, 0.1) is 30.6 Å². The molecule has 3 rings (SSSR count). The summed E-state index contributed by atoms with van der Waals surface area (Å²) in [6, 6.07) is 2.28. The Morgan fingerprint density at radius 2 is 2.33 bits per heavy atom. The van der Waals surface area contributed by atoms with Crippen LogP contribution in [-0.4, -0.2) is 22.5 Å². The SMILES string of the molecule is Cc1cc(C(C)Nc2cnn(CC3CCCO3)c2)c(C)o1. The number of ether oxygens (including phenoxy) is 1. The van der Waals surface area contributed by atoms with Gasteiger partial charge in [0.15, 0.2) is 0 Å². The second-order valence-electron chi connectivity index (χ2n) is 5.82. The third-order valence-corrected chi connectivity index (χ3v) is 3.98. The highest BCUT2D eigenvalue weighted by Crippen LogP contribution is 2.24. The van der Waals surface area contributed by atoms with E-state index in [1.165, 1.54) is 5.56 Å². The van der Waals surface area contributed by atoms with E-state index in [1.54, 1.807) is 0 Å². The number of hydrogen-bond acceptors (Lipinski definition) is 4. The monoisotopic (exact) mass is 289 g/mol. The Kier molecular flexibility index (Phi) is 4.01. The maximum Gasteiger partial charge on any atom is 0.106 e. The van der Waals surface area contributed by atoms with Crippen LogP contribution in [0.25, 0.3) is 0 Å². The van der Waals surface area contributed by atoms with Crippen LogP contribution in [0, 0.1) is 13.8 Å². The summed E-state index contributed by atoms with van der Waals surface area (Å²) in [5, 5.41) is 7.88. The Hall–Kier alpha value is -1.75. The molecule has 2 aromatic heterocycles. The lowest BCUT2D eigenvalue weighted by Gasteiger charge is -2.13. The van der Waals surface area contributed by atoms with E-state index >= 15 is 0 Å². The molecular weight excluding hydrogens is 266 g/mol. The van der Waals surface area contributed by atoms with Gasteiger partial charge in [-0.25, -0.2) is 0 Å². The van der Waals surface area contributed by atoms with E-state index in [2.05, 4.69) is 23.4 Å². The molecule has 0 aromatic carbocycles. The van der Waals surface area contributed by atoms with Gasteiger partial charge in [-0.3, -0.25) is 4.68 Å². The van der Waals surface area contributed by atoms with Crippen molar-refractivity contribution in [3.63, 3.8) is 0 Å². The van der Waals surface area contributed by atoms with Gasteiger partial charge >= 0.3 is 0 Å². The predicted octanol–water partition coefficient (Wildman–Crippen LogP) is 3.45. The molecule has 0 radical (unpaired) electrons. The van der Waals surface area contributed by atoms with Crippen LogP contribution in [0.3, 0.4) is 0 Å². The van der Waals surface area contributed by atoms with E-state index in [4.69, 9.17) is 9.15 Å². The van der Waals surface area contributed by atoms with E-state index in [9.17, 15) is 0 Å². The minimum atomic E-state index is 0.197. The fraction of sp³-hybridized carbons (Fsp3) is 0.562. The highest BCUT2D eigenvalue weighted by molar-refractivity contribution is 5.42. The molecule has 1 aliphatic rings. The van der Waals surface area contributed by atoms with Crippen LogP contribution < -0.4 is 5.32 Å². The zero-order valence-electron chi connectivity index (χ0n) is 12.9. The zero-order chi connectivity index (χ0) is 14.8.